The number of ketones is 2. The molecule has 0 bridgehead atoms. The van der Waals surface area contributed by atoms with Gasteiger partial charge in [0.15, 0.2) is 0 Å². The van der Waals surface area contributed by atoms with Gasteiger partial charge in [0.2, 0.25) is 0 Å². The number of rotatable bonds is 6. The zero-order valence-corrected chi connectivity index (χ0v) is 13.1. The zero-order valence-electron chi connectivity index (χ0n) is 11.4. The summed E-state index contributed by atoms with van der Waals surface area (Å²) in [5.74, 6) is -2.57. The molecule has 0 aromatic carbocycles. The Bertz CT molecular complexity index is 246. The molecule has 0 rings (SSSR count). The zero-order chi connectivity index (χ0) is 17.1. The number of carboxylic acids is 2. The molecule has 0 aliphatic carbocycles. The minimum absolute atomic E-state index is 0. The van der Waals surface area contributed by atoms with Gasteiger partial charge in [0, 0.05) is 24.8 Å². The van der Waals surface area contributed by atoms with Crippen molar-refractivity contribution in [2.24, 2.45) is 0 Å². The molecule has 21 heavy (non-hydrogen) atoms. The minimum Gasteiger partial charge on any atom is -0.550 e. The SMILES string of the molecule is CC(=O)CCC(=O)[O-].CC(=O)CCC(=O)[O-].[C]=O.[C]=O.[Rh+2]. The number of carboxylic acid groups (broad SMARTS) is 2. The van der Waals surface area contributed by atoms with Crippen molar-refractivity contribution in [2.75, 3.05) is 0 Å². The van der Waals surface area contributed by atoms with E-state index in [9.17, 15) is 29.4 Å². The summed E-state index contributed by atoms with van der Waals surface area (Å²) in [5, 5.41) is 19.3. The molecule has 0 aliphatic heterocycles. The van der Waals surface area contributed by atoms with E-state index in [0.29, 0.717) is 0 Å². The van der Waals surface area contributed by atoms with Crippen molar-refractivity contribution in [3.63, 3.8) is 0 Å². The van der Waals surface area contributed by atoms with E-state index in [-0.39, 0.29) is 56.7 Å². The van der Waals surface area contributed by atoms with Crippen LogP contribution in [0.15, 0.2) is 0 Å². The van der Waals surface area contributed by atoms with Crippen LogP contribution in [0.25, 0.3) is 0 Å². The third-order valence-corrected chi connectivity index (χ3v) is 1.36. The van der Waals surface area contributed by atoms with Crippen molar-refractivity contribution in [3.8, 4) is 0 Å². The Kier molecular flexibility index (Phi) is 40.2. The molecule has 0 amide bonds. The van der Waals surface area contributed by atoms with Crippen molar-refractivity contribution in [1.82, 2.24) is 0 Å². The first-order valence-electron chi connectivity index (χ1n) is 5.05. The third-order valence-electron chi connectivity index (χ3n) is 1.36. The molecule has 0 fully saturated rings. The Morgan fingerprint density at radius 1 is 0.667 bits per heavy atom. The molecule has 0 aliphatic rings. The first-order chi connectivity index (χ1) is 9.25. The van der Waals surface area contributed by atoms with Crippen LogP contribution in [0.1, 0.15) is 39.5 Å². The Morgan fingerprint density at radius 2 is 0.857 bits per heavy atom. The number of hydrogen-bond acceptors (Lipinski definition) is 8. The smallest absolute Gasteiger partial charge is 0.550 e. The molecule has 0 saturated carbocycles. The topological polar surface area (TPSA) is 149 Å². The van der Waals surface area contributed by atoms with Gasteiger partial charge in [0.05, 0.1) is 0 Å². The molecule has 0 spiro atoms. The molecular formula is C12H14O8Rh. The first kappa shape index (κ1) is 31.6. The van der Waals surface area contributed by atoms with Gasteiger partial charge in [-0.1, -0.05) is 0 Å². The molecule has 0 N–H and O–H groups in total. The van der Waals surface area contributed by atoms with Crippen LogP contribution in [-0.2, 0) is 48.2 Å². The van der Waals surface area contributed by atoms with Crippen LogP contribution in [0, 0.1) is 0 Å². The van der Waals surface area contributed by atoms with E-state index < -0.39 is 11.9 Å². The summed E-state index contributed by atoms with van der Waals surface area (Å²) < 4.78 is 0. The van der Waals surface area contributed by atoms with E-state index in [1.54, 1.807) is 0 Å². The Balaban J connectivity index is -0.0000000630. The molecule has 5 radical (unpaired) electrons. The predicted molar refractivity (Wildman–Crippen MR) is 61.2 cm³/mol. The molecular weight excluding hydrogens is 375 g/mol. The van der Waals surface area contributed by atoms with Crippen molar-refractivity contribution in [3.05, 3.63) is 0 Å². The number of Topliss-reactive ketones (excluding diaryl/α,β-unsaturated/α-hetero) is 2. The standard InChI is InChI=1S/2C5H8O3.2CO.Rh/c2*1-4(6)2-3-5(7)8;2*1-2;/h2*2-3H2,1H3,(H,7,8);;;/q;;;;+2/p-2. The number of aliphatic carboxylic acids is 2. The van der Waals surface area contributed by atoms with Crippen LogP contribution in [0.4, 0.5) is 0 Å². The van der Waals surface area contributed by atoms with Gasteiger partial charge in [-0.05, 0) is 26.7 Å². The number of carbonyl (C=O) groups is 4. The van der Waals surface area contributed by atoms with Crippen molar-refractivity contribution in [2.45, 2.75) is 39.5 Å². The molecule has 0 heterocycles. The Labute approximate surface area is 135 Å². The van der Waals surface area contributed by atoms with Gasteiger partial charge in [-0.2, -0.15) is 0 Å². The largest absolute Gasteiger partial charge is 2.00 e. The average Bonchev–Trinajstić information content (AvgIpc) is 2.39. The second-order valence-corrected chi connectivity index (χ2v) is 3.15. The van der Waals surface area contributed by atoms with E-state index in [1.165, 1.54) is 13.8 Å². The summed E-state index contributed by atoms with van der Waals surface area (Å²) in [5.41, 5.74) is 0. The van der Waals surface area contributed by atoms with Crippen LogP contribution < -0.4 is 10.2 Å². The Morgan fingerprint density at radius 3 is 0.905 bits per heavy atom. The van der Waals surface area contributed by atoms with Gasteiger partial charge < -0.3 is 29.4 Å². The fraction of sp³-hybridized carbons (Fsp3) is 0.500. The van der Waals surface area contributed by atoms with Crippen molar-refractivity contribution < 1.29 is 58.5 Å². The predicted octanol–water partition coefficient (Wildman–Crippen LogP) is -2.59. The van der Waals surface area contributed by atoms with Gasteiger partial charge in [-0.3, -0.25) is 9.59 Å². The van der Waals surface area contributed by atoms with E-state index in [4.69, 9.17) is 9.59 Å². The van der Waals surface area contributed by atoms with Crippen LogP contribution in [0.2, 0.25) is 0 Å². The summed E-state index contributed by atoms with van der Waals surface area (Å²) in [6, 6.07) is 0. The summed E-state index contributed by atoms with van der Waals surface area (Å²) in [6.45, 7) is 11.7. The summed E-state index contributed by atoms with van der Waals surface area (Å²) in [4.78, 5) is 54.4. The molecule has 0 saturated heterocycles. The Hall–Kier alpha value is -1.76. The second kappa shape index (κ2) is 26.7. The molecule has 119 valence electrons. The molecule has 0 aromatic heterocycles. The normalized spacial score (nSPS) is 6.95. The maximum absolute atomic E-state index is 10.1. The van der Waals surface area contributed by atoms with E-state index >= 15 is 0 Å². The maximum Gasteiger partial charge on any atom is 2.00 e. The second-order valence-electron chi connectivity index (χ2n) is 3.15. The molecule has 8 nitrogen and oxygen atoms in total. The van der Waals surface area contributed by atoms with Gasteiger partial charge >= 0.3 is 19.5 Å². The van der Waals surface area contributed by atoms with Crippen LogP contribution in [0.5, 0.6) is 0 Å². The van der Waals surface area contributed by atoms with E-state index in [2.05, 4.69) is 13.6 Å². The molecule has 0 aromatic rings. The molecule has 0 unspecified atom stereocenters. The van der Waals surface area contributed by atoms with Crippen LogP contribution in [0.3, 0.4) is 0 Å². The quantitative estimate of drug-likeness (QED) is 0.450. The summed E-state index contributed by atoms with van der Waals surface area (Å²) in [6.07, 6.45) is -0.144. The van der Waals surface area contributed by atoms with Gasteiger partial charge in [0.25, 0.3) is 13.6 Å². The van der Waals surface area contributed by atoms with Crippen LogP contribution >= 0.6 is 0 Å². The van der Waals surface area contributed by atoms with E-state index in [0.717, 1.165) is 0 Å². The fourth-order valence-corrected chi connectivity index (χ4v) is 0.556. The summed E-state index contributed by atoms with van der Waals surface area (Å²) in [7, 11) is 0. The minimum atomic E-state index is -1.17. The average molecular weight is 389 g/mol. The monoisotopic (exact) mass is 389 g/mol. The molecule has 9 heteroatoms. The number of hydrogen-bond donors (Lipinski definition) is 0. The van der Waals surface area contributed by atoms with Crippen molar-refractivity contribution >= 4 is 37.1 Å². The van der Waals surface area contributed by atoms with Gasteiger partial charge in [-0.15, -0.1) is 0 Å². The van der Waals surface area contributed by atoms with Crippen molar-refractivity contribution in [1.29, 1.82) is 0 Å². The fourth-order valence-electron chi connectivity index (χ4n) is 0.556. The third kappa shape index (κ3) is 70.8. The number of carbonyl (C=O) groups excluding carboxylic acids is 6. The maximum atomic E-state index is 10.1. The summed E-state index contributed by atoms with van der Waals surface area (Å²) >= 11 is 0. The van der Waals surface area contributed by atoms with Gasteiger partial charge in [0.1, 0.15) is 11.6 Å². The van der Waals surface area contributed by atoms with Gasteiger partial charge in [-0.25, -0.2) is 0 Å². The molecule has 0 atom stereocenters. The first-order valence-corrected chi connectivity index (χ1v) is 5.05. The van der Waals surface area contributed by atoms with Crippen LogP contribution in [-0.4, -0.2) is 37.1 Å². The van der Waals surface area contributed by atoms with E-state index in [1.807, 2.05) is 0 Å².